The Morgan fingerprint density at radius 1 is 1.31 bits per heavy atom. The molecule has 134 valence electrons. The van der Waals surface area contributed by atoms with Crippen molar-refractivity contribution in [3.05, 3.63) is 41.2 Å². The molecule has 3 rings (SSSR count). The van der Waals surface area contributed by atoms with Crippen LogP contribution in [0.2, 0.25) is 0 Å². The predicted octanol–water partition coefficient (Wildman–Crippen LogP) is 3.06. The van der Waals surface area contributed by atoms with E-state index in [4.69, 9.17) is 4.74 Å². The number of amides is 1. The molecule has 1 aliphatic carbocycles. The van der Waals surface area contributed by atoms with Gasteiger partial charge in [0.1, 0.15) is 16.4 Å². The van der Waals surface area contributed by atoms with Gasteiger partial charge in [0.05, 0.1) is 6.07 Å². The number of rotatable bonds is 5. The van der Waals surface area contributed by atoms with E-state index in [0.29, 0.717) is 23.4 Å². The molecule has 1 heterocycles. The molecule has 2 aromatic rings. The van der Waals surface area contributed by atoms with Gasteiger partial charge >= 0.3 is 5.97 Å². The Balaban J connectivity index is 1.56. The highest BCUT2D eigenvalue weighted by Crippen LogP contribution is 2.28. The van der Waals surface area contributed by atoms with Crippen LogP contribution < -0.4 is 5.32 Å². The van der Waals surface area contributed by atoms with Crippen LogP contribution in [0, 0.1) is 17.1 Å². The molecular weight excluding hydrogens is 357 g/mol. The molecule has 0 spiro atoms. The molecular formula is C18H16FN3O3S. The number of nitriles is 1. The van der Waals surface area contributed by atoms with Crippen LogP contribution in [-0.4, -0.2) is 29.0 Å². The second-order valence-electron chi connectivity index (χ2n) is 6.07. The number of hydrogen-bond donors (Lipinski definition) is 1. The van der Waals surface area contributed by atoms with Gasteiger partial charge in [0.25, 0.3) is 5.91 Å². The highest BCUT2D eigenvalue weighted by molar-refractivity contribution is 7.13. The molecule has 1 fully saturated rings. The first-order valence-corrected chi connectivity index (χ1v) is 9.00. The number of nitrogens with zero attached hydrogens (tertiary/aromatic N) is 2. The van der Waals surface area contributed by atoms with Crippen molar-refractivity contribution < 1.29 is 18.7 Å². The van der Waals surface area contributed by atoms with Gasteiger partial charge in [0, 0.05) is 10.9 Å². The third-order valence-corrected chi connectivity index (χ3v) is 5.08. The maximum absolute atomic E-state index is 13.0. The Kier molecular flexibility index (Phi) is 5.28. The minimum atomic E-state index is -0.847. The van der Waals surface area contributed by atoms with Gasteiger partial charge in [-0.05, 0) is 49.9 Å². The van der Waals surface area contributed by atoms with Gasteiger partial charge < -0.3 is 10.1 Å². The summed E-state index contributed by atoms with van der Waals surface area (Å²) in [6, 6.07) is 7.91. The van der Waals surface area contributed by atoms with E-state index < -0.39 is 24.0 Å². The van der Waals surface area contributed by atoms with Crippen LogP contribution >= 0.6 is 11.3 Å². The summed E-state index contributed by atoms with van der Waals surface area (Å²) in [6.45, 7) is -0.467. The number of esters is 1. The molecule has 6 nitrogen and oxygen atoms in total. The number of benzene rings is 1. The lowest BCUT2D eigenvalue weighted by atomic mass is 10.00. The molecule has 0 unspecified atom stereocenters. The number of halogens is 1. The molecule has 1 aromatic heterocycles. The second kappa shape index (κ2) is 7.62. The Morgan fingerprint density at radius 3 is 2.65 bits per heavy atom. The van der Waals surface area contributed by atoms with Crippen LogP contribution in [-0.2, 0) is 9.53 Å². The predicted molar refractivity (Wildman–Crippen MR) is 92.7 cm³/mol. The van der Waals surface area contributed by atoms with Gasteiger partial charge in [-0.3, -0.25) is 4.79 Å². The summed E-state index contributed by atoms with van der Waals surface area (Å²) in [5.74, 6) is -1.58. The summed E-state index contributed by atoms with van der Waals surface area (Å²) in [7, 11) is 0. The molecule has 26 heavy (non-hydrogen) atoms. The van der Waals surface area contributed by atoms with Crippen LogP contribution in [0.25, 0.3) is 10.6 Å². The number of aromatic nitrogens is 1. The van der Waals surface area contributed by atoms with Gasteiger partial charge in [0.15, 0.2) is 12.3 Å². The van der Waals surface area contributed by atoms with Crippen LogP contribution in [0.4, 0.5) is 4.39 Å². The van der Waals surface area contributed by atoms with Crippen molar-refractivity contribution in [2.24, 2.45) is 0 Å². The summed E-state index contributed by atoms with van der Waals surface area (Å²) in [5, 5.41) is 14.0. The van der Waals surface area contributed by atoms with Gasteiger partial charge in [-0.25, -0.2) is 14.2 Å². The van der Waals surface area contributed by atoms with Crippen LogP contribution in [0.1, 0.15) is 36.2 Å². The largest absolute Gasteiger partial charge is 0.451 e. The van der Waals surface area contributed by atoms with Crippen LogP contribution in [0.5, 0.6) is 0 Å². The molecule has 1 N–H and O–H groups in total. The smallest absolute Gasteiger partial charge is 0.358 e. The van der Waals surface area contributed by atoms with Gasteiger partial charge in [0.2, 0.25) is 0 Å². The average Bonchev–Trinajstić information content (AvgIpc) is 3.30. The fourth-order valence-electron chi connectivity index (χ4n) is 2.84. The summed E-state index contributed by atoms with van der Waals surface area (Å²) in [6.07, 6.45) is 2.99. The summed E-state index contributed by atoms with van der Waals surface area (Å²) >= 11 is 1.22. The summed E-state index contributed by atoms with van der Waals surface area (Å²) in [4.78, 5) is 28.2. The van der Waals surface area contributed by atoms with E-state index in [1.165, 1.54) is 28.8 Å². The second-order valence-corrected chi connectivity index (χ2v) is 6.93. The zero-order valence-corrected chi connectivity index (χ0v) is 14.6. The molecule has 8 heteroatoms. The molecule has 0 atom stereocenters. The van der Waals surface area contributed by atoms with Crippen LogP contribution in [0.15, 0.2) is 29.6 Å². The van der Waals surface area contributed by atoms with Crippen molar-refractivity contribution in [2.45, 2.75) is 31.2 Å². The Morgan fingerprint density at radius 2 is 2.00 bits per heavy atom. The maximum atomic E-state index is 13.0. The van der Waals surface area contributed by atoms with E-state index in [9.17, 15) is 19.2 Å². The topological polar surface area (TPSA) is 92.1 Å². The number of nitrogens with one attached hydrogen (secondary N) is 1. The zero-order valence-electron chi connectivity index (χ0n) is 13.8. The monoisotopic (exact) mass is 373 g/mol. The third kappa shape index (κ3) is 4.06. The fraction of sp³-hybridized carbons (Fsp3) is 0.333. The van der Waals surface area contributed by atoms with E-state index in [-0.39, 0.29) is 11.5 Å². The van der Waals surface area contributed by atoms with Crippen molar-refractivity contribution in [1.82, 2.24) is 10.3 Å². The first kappa shape index (κ1) is 18.0. The highest BCUT2D eigenvalue weighted by Gasteiger charge is 2.35. The standard InChI is InChI=1S/C18H16FN3O3S/c19-13-5-3-12(4-6-13)16-21-14(10-26-16)17(24)25-9-15(23)22-18(11-20)7-1-2-8-18/h3-6,10H,1-2,7-9H2,(H,22,23). The number of carbonyl (C=O) groups is 2. The number of carbonyl (C=O) groups excluding carboxylic acids is 2. The van der Waals surface area contributed by atoms with Crippen LogP contribution in [0.3, 0.4) is 0 Å². The lowest BCUT2D eigenvalue weighted by Gasteiger charge is -2.21. The number of ether oxygens (including phenoxy) is 1. The third-order valence-electron chi connectivity index (χ3n) is 4.19. The summed E-state index contributed by atoms with van der Waals surface area (Å²) < 4.78 is 17.9. The van der Waals surface area contributed by atoms with Crippen molar-refractivity contribution in [2.75, 3.05) is 6.61 Å². The quantitative estimate of drug-likeness (QED) is 0.813. The molecule has 1 aromatic carbocycles. The average molecular weight is 373 g/mol. The van der Waals surface area contributed by atoms with E-state index in [2.05, 4.69) is 16.4 Å². The Hall–Kier alpha value is -2.79. The van der Waals surface area contributed by atoms with E-state index >= 15 is 0 Å². The SMILES string of the molecule is N#CC1(NC(=O)COC(=O)c2csc(-c3ccc(F)cc3)n2)CCCC1. The van der Waals surface area contributed by atoms with Gasteiger partial charge in [-0.1, -0.05) is 0 Å². The van der Waals surface area contributed by atoms with Gasteiger partial charge in [-0.2, -0.15) is 5.26 Å². The molecule has 0 saturated heterocycles. The molecule has 1 aliphatic rings. The zero-order chi connectivity index (χ0) is 18.6. The van der Waals surface area contributed by atoms with E-state index in [0.717, 1.165) is 12.8 Å². The normalized spacial score (nSPS) is 15.2. The lowest BCUT2D eigenvalue weighted by molar-refractivity contribution is -0.125. The molecule has 0 radical (unpaired) electrons. The molecule has 0 bridgehead atoms. The van der Waals surface area contributed by atoms with Crippen molar-refractivity contribution in [1.29, 1.82) is 5.26 Å². The van der Waals surface area contributed by atoms with Crippen molar-refractivity contribution in [3.63, 3.8) is 0 Å². The van der Waals surface area contributed by atoms with Gasteiger partial charge in [-0.15, -0.1) is 11.3 Å². The minimum absolute atomic E-state index is 0.0815. The summed E-state index contributed by atoms with van der Waals surface area (Å²) in [5.41, 5.74) is -0.0803. The molecule has 0 aliphatic heterocycles. The Bertz CT molecular complexity index is 851. The minimum Gasteiger partial charge on any atom is -0.451 e. The first-order valence-electron chi connectivity index (χ1n) is 8.12. The van der Waals surface area contributed by atoms with E-state index in [1.807, 2.05) is 0 Å². The molecule has 1 saturated carbocycles. The highest BCUT2D eigenvalue weighted by atomic mass is 32.1. The van der Waals surface area contributed by atoms with Crippen molar-refractivity contribution in [3.8, 4) is 16.6 Å². The fourth-order valence-corrected chi connectivity index (χ4v) is 3.64. The van der Waals surface area contributed by atoms with E-state index in [1.54, 1.807) is 12.1 Å². The first-order chi connectivity index (χ1) is 12.5. The Labute approximate surface area is 153 Å². The maximum Gasteiger partial charge on any atom is 0.358 e. The number of thiazole rings is 1. The number of hydrogen-bond acceptors (Lipinski definition) is 6. The lowest BCUT2D eigenvalue weighted by Crippen LogP contribution is -2.46. The molecule has 1 amide bonds. The van der Waals surface area contributed by atoms with Crippen molar-refractivity contribution >= 4 is 23.2 Å².